The van der Waals surface area contributed by atoms with Crippen molar-refractivity contribution in [3.8, 4) is 85.6 Å². The molecule has 10 aromatic rings. The van der Waals surface area contributed by atoms with E-state index in [1.54, 1.807) is 36.4 Å². The molecule has 0 N–H and O–H groups in total. The van der Waals surface area contributed by atoms with E-state index >= 15 is 13.2 Å². The number of hydrogen-bond donors (Lipinski definition) is 0. The molecule has 0 atom stereocenters. The summed E-state index contributed by atoms with van der Waals surface area (Å²) in [4.78, 5) is 20.2. The van der Waals surface area contributed by atoms with Gasteiger partial charge in [0, 0.05) is 44.2 Å². The van der Waals surface area contributed by atoms with E-state index in [-0.39, 0.29) is 28.5 Å². The fourth-order valence-electron chi connectivity index (χ4n) is 7.95. The molecular formula is C53H30F3N7. The summed E-state index contributed by atoms with van der Waals surface area (Å²) in [5, 5.41) is 21.3. The van der Waals surface area contributed by atoms with Crippen molar-refractivity contribution in [1.29, 1.82) is 10.5 Å². The fraction of sp³-hybridized carbons (Fsp3) is 0.0189. The average Bonchev–Trinajstić information content (AvgIpc) is 3.66. The van der Waals surface area contributed by atoms with E-state index < -0.39 is 11.7 Å². The van der Waals surface area contributed by atoms with Gasteiger partial charge in [-0.1, -0.05) is 121 Å². The number of nitriles is 2. The molecule has 0 radical (unpaired) electrons. The van der Waals surface area contributed by atoms with E-state index in [9.17, 15) is 10.5 Å². The third-order valence-corrected chi connectivity index (χ3v) is 10.9. The highest BCUT2D eigenvalue weighted by atomic mass is 19.4. The van der Waals surface area contributed by atoms with Gasteiger partial charge in [0.05, 0.1) is 68.3 Å². The monoisotopic (exact) mass is 821 g/mol. The van der Waals surface area contributed by atoms with Gasteiger partial charge in [-0.25, -0.2) is 19.9 Å². The van der Waals surface area contributed by atoms with Gasteiger partial charge in [0.2, 0.25) is 0 Å². The van der Waals surface area contributed by atoms with E-state index in [2.05, 4.69) is 12.1 Å². The molecule has 0 aliphatic rings. The summed E-state index contributed by atoms with van der Waals surface area (Å²) in [6.45, 7) is 0. The van der Waals surface area contributed by atoms with E-state index in [1.165, 1.54) is 0 Å². The van der Waals surface area contributed by atoms with Crippen molar-refractivity contribution in [3.63, 3.8) is 0 Å². The second-order valence-corrected chi connectivity index (χ2v) is 14.8. The molecule has 0 aliphatic heterocycles. The van der Waals surface area contributed by atoms with E-state index in [1.807, 2.05) is 138 Å². The lowest BCUT2D eigenvalue weighted by Gasteiger charge is -2.21. The molecule has 7 aromatic carbocycles. The number of hydrogen-bond acceptors (Lipinski definition) is 6. The smallest absolute Gasteiger partial charge is 0.308 e. The first kappa shape index (κ1) is 38.5. The summed E-state index contributed by atoms with van der Waals surface area (Å²) in [5.41, 5.74) is 6.23. The summed E-state index contributed by atoms with van der Waals surface area (Å²) in [6.07, 6.45) is -4.83. The van der Waals surface area contributed by atoms with Crippen molar-refractivity contribution in [2.24, 2.45) is 0 Å². The van der Waals surface area contributed by atoms with Gasteiger partial charge < -0.3 is 4.57 Å². The number of benzene rings is 7. The van der Waals surface area contributed by atoms with Gasteiger partial charge in [-0.2, -0.15) is 23.7 Å². The standard InChI is InChI=1S/C53H30F3N7/c54-53(55,56)39-27-42(51-59-44(35-13-5-1-6-14-35)29-45(60-51)36-15-7-2-8-16-36)50(63-48-23-21-33(31-57)25-40(48)41-26-34(32-58)22-24-49(41)63)43(28-39)52-61-46(37-17-9-3-10-18-37)30-47(62-52)38-19-11-4-12-20-38/h1-30H. The largest absolute Gasteiger partial charge is 0.416 e. The molecule has 0 fully saturated rings. The lowest BCUT2D eigenvalue weighted by atomic mass is 9.98. The summed E-state index contributed by atoms with van der Waals surface area (Å²) in [6, 6.07) is 58.1. The van der Waals surface area contributed by atoms with E-state index in [0.29, 0.717) is 55.7 Å². The zero-order chi connectivity index (χ0) is 43.1. The van der Waals surface area contributed by atoms with Crippen LogP contribution in [0.5, 0.6) is 0 Å². The first-order valence-corrected chi connectivity index (χ1v) is 19.9. The molecule has 0 spiro atoms. The Bertz CT molecular complexity index is 3110. The summed E-state index contributed by atoms with van der Waals surface area (Å²) >= 11 is 0. The van der Waals surface area contributed by atoms with Crippen LogP contribution in [0.15, 0.2) is 182 Å². The number of aromatic nitrogens is 5. The minimum Gasteiger partial charge on any atom is -0.308 e. The Labute approximate surface area is 359 Å². The molecule has 0 saturated heterocycles. The Morgan fingerprint density at radius 3 is 1.05 bits per heavy atom. The van der Waals surface area contributed by atoms with Gasteiger partial charge >= 0.3 is 6.18 Å². The van der Waals surface area contributed by atoms with Gasteiger partial charge in [-0.3, -0.25) is 0 Å². The lowest BCUT2D eigenvalue weighted by molar-refractivity contribution is -0.137. The number of alkyl halides is 3. The SMILES string of the molecule is N#Cc1ccc2c(c1)c1cc(C#N)ccc1n2-c1c(-c2nc(-c3ccccc3)cc(-c3ccccc3)n2)cc(C(F)(F)F)cc1-c1nc(-c2ccccc2)cc(-c2ccccc2)n1. The predicted octanol–water partition coefficient (Wildman–Crippen LogP) is 13.1. The van der Waals surface area contributed by atoms with Crippen molar-refractivity contribution in [2.75, 3.05) is 0 Å². The lowest BCUT2D eigenvalue weighted by Crippen LogP contribution is -2.11. The summed E-state index contributed by atoms with van der Waals surface area (Å²) in [5.74, 6) is 0.0506. The highest BCUT2D eigenvalue weighted by molar-refractivity contribution is 6.11. The van der Waals surface area contributed by atoms with Gasteiger partial charge in [0.1, 0.15) is 0 Å². The number of rotatable bonds is 7. The quantitative estimate of drug-likeness (QED) is 0.159. The zero-order valence-corrected chi connectivity index (χ0v) is 33.1. The highest BCUT2D eigenvalue weighted by Gasteiger charge is 2.35. The van der Waals surface area contributed by atoms with Crippen LogP contribution < -0.4 is 0 Å². The molecule has 0 saturated carbocycles. The van der Waals surface area contributed by atoms with Crippen LogP contribution in [-0.4, -0.2) is 24.5 Å². The molecule has 0 bridgehead atoms. The van der Waals surface area contributed by atoms with Crippen molar-refractivity contribution >= 4 is 21.8 Å². The van der Waals surface area contributed by atoms with Crippen LogP contribution in [-0.2, 0) is 6.18 Å². The van der Waals surface area contributed by atoms with Crippen LogP contribution in [0.2, 0.25) is 0 Å². The summed E-state index contributed by atoms with van der Waals surface area (Å²) < 4.78 is 48.5. The molecule has 298 valence electrons. The van der Waals surface area contributed by atoms with Crippen molar-refractivity contribution in [3.05, 3.63) is 199 Å². The van der Waals surface area contributed by atoms with Crippen LogP contribution in [0.3, 0.4) is 0 Å². The molecule has 3 aromatic heterocycles. The van der Waals surface area contributed by atoms with Crippen molar-refractivity contribution in [2.45, 2.75) is 6.18 Å². The maximum atomic E-state index is 15.6. The fourth-order valence-corrected chi connectivity index (χ4v) is 7.95. The first-order valence-electron chi connectivity index (χ1n) is 19.9. The van der Waals surface area contributed by atoms with Gasteiger partial charge in [0.15, 0.2) is 11.6 Å². The normalized spacial score (nSPS) is 11.4. The molecule has 7 nitrogen and oxygen atoms in total. The van der Waals surface area contributed by atoms with E-state index in [0.717, 1.165) is 34.4 Å². The Morgan fingerprint density at radius 1 is 0.413 bits per heavy atom. The molecule has 10 heteroatoms. The maximum absolute atomic E-state index is 15.6. The Kier molecular flexibility index (Phi) is 9.59. The van der Waals surface area contributed by atoms with Crippen LogP contribution in [0.25, 0.3) is 95.3 Å². The molecule has 0 unspecified atom stereocenters. The number of fused-ring (bicyclic) bond motifs is 3. The van der Waals surface area contributed by atoms with Crippen molar-refractivity contribution < 1.29 is 13.2 Å². The molecule has 0 aliphatic carbocycles. The maximum Gasteiger partial charge on any atom is 0.416 e. The predicted molar refractivity (Wildman–Crippen MR) is 239 cm³/mol. The molecule has 63 heavy (non-hydrogen) atoms. The van der Waals surface area contributed by atoms with Crippen LogP contribution in [0, 0.1) is 22.7 Å². The minimum absolute atomic E-state index is 0.0253. The zero-order valence-electron chi connectivity index (χ0n) is 33.1. The van der Waals surface area contributed by atoms with Gasteiger partial charge in [0.25, 0.3) is 0 Å². The molecule has 10 rings (SSSR count). The minimum atomic E-state index is -4.83. The molecular weight excluding hydrogens is 792 g/mol. The molecule has 3 heterocycles. The second kappa shape index (κ2) is 15.7. The van der Waals surface area contributed by atoms with Crippen molar-refractivity contribution in [1.82, 2.24) is 24.5 Å². The van der Waals surface area contributed by atoms with E-state index in [4.69, 9.17) is 19.9 Å². The number of nitrogens with zero attached hydrogens (tertiary/aromatic N) is 7. The topological polar surface area (TPSA) is 104 Å². The first-order chi connectivity index (χ1) is 30.7. The van der Waals surface area contributed by atoms with Gasteiger partial charge in [-0.15, -0.1) is 0 Å². The average molecular weight is 822 g/mol. The van der Waals surface area contributed by atoms with Crippen LogP contribution in [0.1, 0.15) is 16.7 Å². The molecule has 0 amide bonds. The summed E-state index contributed by atoms with van der Waals surface area (Å²) in [7, 11) is 0. The Hall–Kier alpha value is -8.73. The highest BCUT2D eigenvalue weighted by Crippen LogP contribution is 2.45. The van der Waals surface area contributed by atoms with Crippen LogP contribution >= 0.6 is 0 Å². The Balaban J connectivity index is 1.40. The van der Waals surface area contributed by atoms with Gasteiger partial charge in [-0.05, 0) is 60.7 Å². The van der Waals surface area contributed by atoms with Crippen LogP contribution in [0.4, 0.5) is 13.2 Å². The number of halogens is 3. The third kappa shape index (κ3) is 7.22. The third-order valence-electron chi connectivity index (χ3n) is 10.9. The Morgan fingerprint density at radius 2 is 0.746 bits per heavy atom. The second-order valence-electron chi connectivity index (χ2n) is 14.8.